The molecule has 0 bridgehead atoms. The third-order valence-electron chi connectivity index (χ3n) is 5.59. The first-order valence-electron chi connectivity index (χ1n) is 10.7. The summed E-state index contributed by atoms with van der Waals surface area (Å²) < 4.78 is 0. The monoisotopic (exact) mass is 488 g/mol. The quantitative estimate of drug-likeness (QED) is 0.398. The molecule has 5 rings (SSSR count). The summed E-state index contributed by atoms with van der Waals surface area (Å²) in [5.74, 6) is -0.977. The molecular weight excluding hydrogens is 468 g/mol. The van der Waals surface area contributed by atoms with Crippen LogP contribution >= 0.6 is 23.4 Å². The molecule has 0 saturated heterocycles. The molecule has 8 heteroatoms. The minimum absolute atomic E-state index is 0.00502. The van der Waals surface area contributed by atoms with Crippen molar-refractivity contribution in [3.8, 4) is 22.3 Å². The first-order chi connectivity index (χ1) is 16.5. The van der Waals surface area contributed by atoms with Crippen LogP contribution in [0.2, 0.25) is 5.02 Å². The van der Waals surface area contributed by atoms with Crippen molar-refractivity contribution in [2.75, 3.05) is 11.9 Å². The highest BCUT2D eigenvalue weighted by Crippen LogP contribution is 2.41. The highest BCUT2D eigenvalue weighted by molar-refractivity contribution is 8.03. The lowest BCUT2D eigenvalue weighted by Gasteiger charge is -2.23. The van der Waals surface area contributed by atoms with Crippen LogP contribution in [0.4, 0.5) is 5.69 Å². The maximum atomic E-state index is 11.2. The Morgan fingerprint density at radius 3 is 2.56 bits per heavy atom. The largest absolute Gasteiger partial charge is 0.480 e. The van der Waals surface area contributed by atoms with Crippen LogP contribution in [0.1, 0.15) is 5.56 Å². The fourth-order valence-electron chi connectivity index (χ4n) is 3.99. The molecule has 2 heterocycles. The van der Waals surface area contributed by atoms with Gasteiger partial charge in [-0.15, -0.1) is 5.11 Å². The minimum atomic E-state index is -0.977. The molecule has 2 aliphatic rings. The van der Waals surface area contributed by atoms with Gasteiger partial charge in [0.05, 0.1) is 21.1 Å². The van der Waals surface area contributed by atoms with Crippen LogP contribution in [0.25, 0.3) is 22.3 Å². The number of carbonyl (C=O) groups is 1. The van der Waals surface area contributed by atoms with Crippen molar-refractivity contribution >= 4 is 35.0 Å². The van der Waals surface area contributed by atoms with Crippen LogP contribution in [0, 0.1) is 0 Å². The second-order valence-corrected chi connectivity index (χ2v) is 9.63. The number of rotatable bonds is 6. The van der Waals surface area contributed by atoms with Gasteiger partial charge >= 0.3 is 5.97 Å². The molecule has 0 amide bonds. The predicted octanol–water partition coefficient (Wildman–Crippen LogP) is 6.82. The fourth-order valence-corrected chi connectivity index (χ4v) is 5.43. The lowest BCUT2D eigenvalue weighted by molar-refractivity contribution is -0.137. The second-order valence-electron chi connectivity index (χ2n) is 8.00. The highest BCUT2D eigenvalue weighted by atomic mass is 35.5. The Balaban J connectivity index is 1.34. The Morgan fingerprint density at radius 1 is 1.12 bits per heavy atom. The number of anilines is 1. The highest BCUT2D eigenvalue weighted by Gasteiger charge is 2.27. The van der Waals surface area contributed by atoms with Crippen molar-refractivity contribution in [2.24, 2.45) is 10.3 Å². The van der Waals surface area contributed by atoms with E-state index in [1.54, 1.807) is 6.08 Å². The zero-order valence-electron chi connectivity index (χ0n) is 18.1. The lowest BCUT2D eigenvalue weighted by Crippen LogP contribution is -2.26. The Kier molecular flexibility index (Phi) is 6.13. The summed E-state index contributed by atoms with van der Waals surface area (Å²) >= 11 is 8.17. The standard InChI is InChI=1S/C26H21ClN4O2S/c1-16-11-25(31(30-29-16)15-26(32)33)34-24-13-20-12-21(22(27)14-23(20)28-24)19-9-7-18(8-10-19)17-5-3-2-4-6-17/h2-12,14,24,28H,1,13,15H2,(H,32,33). The third-order valence-corrected chi connectivity index (χ3v) is 7.04. The van der Waals surface area contributed by atoms with E-state index in [1.165, 1.54) is 22.3 Å². The average Bonchev–Trinajstić information content (AvgIpc) is 3.22. The number of fused-ring (bicyclic) bond motifs is 1. The summed E-state index contributed by atoms with van der Waals surface area (Å²) in [6, 6.07) is 22.8. The van der Waals surface area contributed by atoms with E-state index in [1.807, 2.05) is 24.3 Å². The number of hydrogen-bond acceptors (Lipinski definition) is 6. The molecule has 1 atom stereocenters. The summed E-state index contributed by atoms with van der Waals surface area (Å²) in [7, 11) is 0. The van der Waals surface area contributed by atoms with E-state index in [-0.39, 0.29) is 11.9 Å². The van der Waals surface area contributed by atoms with Crippen LogP contribution in [-0.4, -0.2) is 28.0 Å². The van der Waals surface area contributed by atoms with Crippen LogP contribution in [-0.2, 0) is 11.2 Å². The van der Waals surface area contributed by atoms with E-state index in [4.69, 9.17) is 11.6 Å². The summed E-state index contributed by atoms with van der Waals surface area (Å²) in [6.45, 7) is 3.55. The Hall–Kier alpha value is -3.55. The van der Waals surface area contributed by atoms with Crippen molar-refractivity contribution in [3.63, 3.8) is 0 Å². The minimum Gasteiger partial charge on any atom is -0.480 e. The van der Waals surface area contributed by atoms with E-state index in [0.717, 1.165) is 34.4 Å². The number of benzene rings is 3. The summed E-state index contributed by atoms with van der Waals surface area (Å²) in [6.07, 6.45) is 2.51. The molecule has 0 radical (unpaired) electrons. The molecular formula is C26H21ClN4O2S. The summed E-state index contributed by atoms with van der Waals surface area (Å²) in [5, 5.41) is 23.2. The van der Waals surface area contributed by atoms with E-state index in [2.05, 4.69) is 64.7 Å². The number of allylic oxidation sites excluding steroid dienone is 1. The second kappa shape index (κ2) is 9.37. The van der Waals surface area contributed by atoms with Crippen molar-refractivity contribution in [1.29, 1.82) is 0 Å². The number of thioether (sulfide) groups is 1. The first kappa shape index (κ1) is 22.3. The molecule has 0 saturated carbocycles. The Morgan fingerprint density at radius 2 is 1.82 bits per heavy atom. The summed E-state index contributed by atoms with van der Waals surface area (Å²) in [5.41, 5.74) is 7.00. The fraction of sp³-hybridized carbons (Fsp3) is 0.115. The zero-order valence-corrected chi connectivity index (χ0v) is 19.7. The molecule has 2 aliphatic heterocycles. The van der Waals surface area contributed by atoms with Crippen LogP contribution in [0.15, 0.2) is 100 Å². The number of halogens is 1. The van der Waals surface area contributed by atoms with Gasteiger partial charge in [0.15, 0.2) is 0 Å². The van der Waals surface area contributed by atoms with Crippen molar-refractivity contribution in [1.82, 2.24) is 5.01 Å². The van der Waals surface area contributed by atoms with E-state index < -0.39 is 5.97 Å². The molecule has 6 nitrogen and oxygen atoms in total. The van der Waals surface area contributed by atoms with Crippen molar-refractivity contribution in [3.05, 3.63) is 101 Å². The van der Waals surface area contributed by atoms with Crippen molar-refractivity contribution in [2.45, 2.75) is 11.8 Å². The van der Waals surface area contributed by atoms with Gasteiger partial charge in [0, 0.05) is 17.7 Å². The number of aliphatic carboxylic acids is 1. The molecule has 0 aliphatic carbocycles. The summed E-state index contributed by atoms with van der Waals surface area (Å²) in [4.78, 5) is 11.2. The maximum Gasteiger partial charge on any atom is 0.325 e. The smallest absolute Gasteiger partial charge is 0.325 e. The third kappa shape index (κ3) is 4.71. The molecule has 170 valence electrons. The van der Waals surface area contributed by atoms with Gasteiger partial charge in [-0.3, -0.25) is 4.79 Å². The van der Waals surface area contributed by atoms with Crippen LogP contribution < -0.4 is 5.32 Å². The lowest BCUT2D eigenvalue weighted by atomic mass is 9.98. The van der Waals surface area contributed by atoms with E-state index >= 15 is 0 Å². The van der Waals surface area contributed by atoms with Gasteiger partial charge < -0.3 is 10.4 Å². The SMILES string of the molecule is C=C1C=C(SC2Cc3cc(-c4ccc(-c5ccccc5)cc4)c(Cl)cc3N2)N(CC(=O)O)N=N1. The van der Waals surface area contributed by atoms with Gasteiger partial charge in [-0.1, -0.05) is 89.8 Å². The molecule has 0 spiro atoms. The van der Waals surface area contributed by atoms with Crippen LogP contribution in [0.3, 0.4) is 0 Å². The topological polar surface area (TPSA) is 77.3 Å². The first-order valence-corrected chi connectivity index (χ1v) is 11.9. The van der Waals surface area contributed by atoms with Gasteiger partial charge in [0.1, 0.15) is 6.54 Å². The number of hydrogen-bond donors (Lipinski definition) is 2. The van der Waals surface area contributed by atoms with Gasteiger partial charge in [-0.25, -0.2) is 5.01 Å². The van der Waals surface area contributed by atoms with Gasteiger partial charge in [0.2, 0.25) is 0 Å². The molecule has 0 fully saturated rings. The van der Waals surface area contributed by atoms with Gasteiger partial charge in [-0.2, -0.15) is 0 Å². The molecule has 3 aromatic rings. The Bertz CT molecular complexity index is 1320. The average molecular weight is 489 g/mol. The molecule has 3 aromatic carbocycles. The molecule has 34 heavy (non-hydrogen) atoms. The van der Waals surface area contributed by atoms with Crippen LogP contribution in [0.5, 0.6) is 0 Å². The van der Waals surface area contributed by atoms with E-state index in [0.29, 0.717) is 15.7 Å². The van der Waals surface area contributed by atoms with Crippen molar-refractivity contribution < 1.29 is 9.90 Å². The predicted molar refractivity (Wildman–Crippen MR) is 137 cm³/mol. The molecule has 1 unspecified atom stereocenters. The van der Waals surface area contributed by atoms with E-state index in [9.17, 15) is 9.90 Å². The normalized spacial score (nSPS) is 16.7. The number of carboxylic acids is 1. The number of nitrogens with one attached hydrogen (secondary N) is 1. The van der Waals surface area contributed by atoms with Gasteiger partial charge in [0.25, 0.3) is 0 Å². The number of nitrogens with zero attached hydrogens (tertiary/aromatic N) is 3. The van der Waals surface area contributed by atoms with Gasteiger partial charge in [-0.05, 0) is 40.5 Å². The maximum absolute atomic E-state index is 11.2. The zero-order chi connectivity index (χ0) is 23.7. The number of carboxylic acid groups (broad SMARTS) is 1. The molecule has 0 aromatic heterocycles. The molecule has 2 N–H and O–H groups in total. The Labute approximate surface area is 206 Å².